The predicted octanol–water partition coefficient (Wildman–Crippen LogP) is 9.39. The van der Waals surface area contributed by atoms with E-state index in [9.17, 15) is 29.5 Å². The maximum Gasteiger partial charge on any atom is 0.410 e. The Balaban J connectivity index is 1.59. The topological polar surface area (TPSA) is 162 Å². The monoisotopic (exact) mass is 841 g/mol. The molecule has 326 valence electrons. The fraction of sp³-hybridized carbons (Fsp3) is 0.447. The first-order valence-electron chi connectivity index (χ1n) is 21.1. The fourth-order valence-electron chi connectivity index (χ4n) is 9.05. The van der Waals surface area contributed by atoms with Crippen molar-refractivity contribution in [3.63, 3.8) is 0 Å². The molecule has 0 radical (unpaired) electrons. The molecule has 0 unspecified atom stereocenters. The number of allylic oxidation sites excluding steroid dienone is 1. The number of carbonyl (C=O) groups excluding carboxylic acids is 1. The summed E-state index contributed by atoms with van der Waals surface area (Å²) in [6.45, 7) is 10.1. The van der Waals surface area contributed by atoms with Crippen LogP contribution in [-0.4, -0.2) is 76.7 Å². The number of unbranched alkanes of at least 4 members (excludes halogenated alkanes) is 2. The zero-order valence-corrected chi connectivity index (χ0v) is 34.7. The summed E-state index contributed by atoms with van der Waals surface area (Å²) < 4.78 is 40.6. The van der Waals surface area contributed by atoms with Crippen LogP contribution < -0.4 is 9.47 Å². The third-order valence-corrected chi connectivity index (χ3v) is 11.6. The fourth-order valence-corrected chi connectivity index (χ4v) is 9.05. The third-order valence-electron chi connectivity index (χ3n) is 11.6. The molecule has 6 rings (SSSR count). The van der Waals surface area contributed by atoms with Crippen molar-refractivity contribution >= 4 is 17.5 Å². The third kappa shape index (κ3) is 10.3. The Morgan fingerprint density at radius 1 is 1.03 bits per heavy atom. The van der Waals surface area contributed by atoms with Crippen LogP contribution in [0.3, 0.4) is 0 Å². The summed E-state index contributed by atoms with van der Waals surface area (Å²) >= 11 is 0. The van der Waals surface area contributed by atoms with Crippen LogP contribution in [0.4, 0.5) is 14.9 Å². The van der Waals surface area contributed by atoms with Crippen LogP contribution in [0.25, 0.3) is 0 Å². The highest BCUT2D eigenvalue weighted by Gasteiger charge is 2.65. The van der Waals surface area contributed by atoms with Gasteiger partial charge in [0.2, 0.25) is 5.79 Å². The molecule has 0 spiro atoms. The van der Waals surface area contributed by atoms with Gasteiger partial charge in [-0.1, -0.05) is 54.4 Å². The molecule has 1 heterocycles. The summed E-state index contributed by atoms with van der Waals surface area (Å²) in [5, 5.41) is 36.1. The average molecular weight is 842 g/mol. The zero-order chi connectivity index (χ0) is 43.4. The number of benzene rings is 3. The molecule has 0 saturated heterocycles. The number of hydrogen-bond acceptors (Lipinski definition) is 11. The van der Waals surface area contributed by atoms with Gasteiger partial charge in [0.1, 0.15) is 35.7 Å². The Morgan fingerprint density at radius 3 is 2.49 bits per heavy atom. The standard InChI is InChI=1S/C47H56FN3O10/c1-4-7-26-57-46(54)50(31-32-17-19-34(48)20-18-32)43-30-41(49-59-6-3)39-27-33(13-8-10-23-52)38(16-9-11-24-53)44-40-29-37(60-36-15-12-14-35(28-36)51(55)56)21-22-42(40)61-47(43,45(39)44)58-25-5-2/h4-5,12,14-15,17-22,27-29,33,38,43-45,52-53H,1-2,6-11,13,16,23-26,30-31H2,3H3/t33-,38+,43-,44+,45+,47+/m0/s1. The number of nitro benzene ring substituents is 1. The molecule has 1 fully saturated rings. The number of non-ortho nitro benzene ring substituents is 1. The number of nitrogens with zero attached hydrogens (tertiary/aromatic N) is 3. The van der Waals surface area contributed by atoms with Crippen LogP contribution in [0, 0.1) is 33.7 Å². The number of aliphatic hydroxyl groups excluding tert-OH is 2. The Hall–Kier alpha value is -5.57. The van der Waals surface area contributed by atoms with E-state index in [2.05, 4.69) is 19.2 Å². The molecule has 0 aromatic heterocycles. The molecule has 1 saturated carbocycles. The molecule has 2 aliphatic carbocycles. The Kier molecular flexibility index (Phi) is 15.7. The summed E-state index contributed by atoms with van der Waals surface area (Å²) in [5.74, 6) is -1.77. The van der Waals surface area contributed by atoms with E-state index in [0.29, 0.717) is 48.5 Å². The van der Waals surface area contributed by atoms with Gasteiger partial charge in [-0.2, -0.15) is 0 Å². The molecule has 1 amide bonds. The van der Waals surface area contributed by atoms with Crippen LogP contribution in [0.15, 0.2) is 109 Å². The predicted molar refractivity (Wildman–Crippen MR) is 228 cm³/mol. The second kappa shape index (κ2) is 21.3. The van der Waals surface area contributed by atoms with Gasteiger partial charge in [0, 0.05) is 43.7 Å². The SMILES string of the molecule is C=CCCOC(=O)N(Cc1ccc(F)cc1)[C@H]1CC(=NOCC)C2=C[C@H](CCCCO)[C@@H](CCCCO)[C@@H]3c4cc(Oc5cccc([N+](=O)[O-])c5)ccc4O[C@@]1(OCC=C)[C@H]23. The minimum Gasteiger partial charge on any atom is -0.459 e. The molecule has 6 atom stereocenters. The lowest BCUT2D eigenvalue weighted by atomic mass is 9.55. The average Bonchev–Trinajstić information content (AvgIpc) is 3.26. The van der Waals surface area contributed by atoms with E-state index in [-0.39, 0.29) is 75.2 Å². The van der Waals surface area contributed by atoms with Gasteiger partial charge in [-0.05, 0) is 98.4 Å². The van der Waals surface area contributed by atoms with Crippen molar-refractivity contribution < 1.29 is 48.1 Å². The smallest absolute Gasteiger partial charge is 0.410 e. The van der Waals surface area contributed by atoms with Gasteiger partial charge in [0.05, 0.1) is 35.8 Å². The maximum absolute atomic E-state index is 14.5. The van der Waals surface area contributed by atoms with Crippen molar-refractivity contribution in [1.82, 2.24) is 4.90 Å². The number of fused-ring (bicyclic) bond motifs is 2. The first kappa shape index (κ1) is 45.0. The molecule has 3 aliphatic rings. The molecule has 0 bridgehead atoms. The number of amides is 1. The Morgan fingerprint density at radius 2 is 1.79 bits per heavy atom. The van der Waals surface area contributed by atoms with E-state index in [1.54, 1.807) is 53.5 Å². The summed E-state index contributed by atoms with van der Waals surface area (Å²) in [6, 6.07) is 16.5. The van der Waals surface area contributed by atoms with Crippen LogP contribution >= 0.6 is 0 Å². The van der Waals surface area contributed by atoms with E-state index in [1.807, 2.05) is 13.0 Å². The Labute approximate surface area is 356 Å². The van der Waals surface area contributed by atoms with Crippen molar-refractivity contribution in [2.75, 3.05) is 33.0 Å². The number of aliphatic hydroxyl groups is 2. The molecular weight excluding hydrogens is 786 g/mol. The van der Waals surface area contributed by atoms with Gasteiger partial charge in [-0.25, -0.2) is 9.18 Å². The summed E-state index contributed by atoms with van der Waals surface area (Å²) in [5.41, 5.74) is 2.81. The van der Waals surface area contributed by atoms with Gasteiger partial charge in [-0.15, -0.1) is 13.2 Å². The zero-order valence-electron chi connectivity index (χ0n) is 34.7. The number of halogens is 1. The van der Waals surface area contributed by atoms with Gasteiger partial charge < -0.3 is 34.0 Å². The number of ether oxygens (including phenoxy) is 4. The van der Waals surface area contributed by atoms with Gasteiger partial charge in [0.25, 0.3) is 5.69 Å². The molecule has 3 aromatic rings. The maximum atomic E-state index is 14.5. The summed E-state index contributed by atoms with van der Waals surface area (Å²) in [6.07, 6.45) is 9.65. The van der Waals surface area contributed by atoms with Crippen molar-refractivity contribution in [3.8, 4) is 17.2 Å². The molecule has 1 aliphatic heterocycles. The van der Waals surface area contributed by atoms with E-state index < -0.39 is 34.6 Å². The van der Waals surface area contributed by atoms with Gasteiger partial charge in [0.15, 0.2) is 0 Å². The largest absolute Gasteiger partial charge is 0.459 e. The van der Waals surface area contributed by atoms with Crippen LogP contribution in [0.1, 0.15) is 75.3 Å². The summed E-state index contributed by atoms with van der Waals surface area (Å²) in [7, 11) is 0. The highest BCUT2D eigenvalue weighted by atomic mass is 19.1. The van der Waals surface area contributed by atoms with E-state index in [1.165, 1.54) is 24.3 Å². The number of hydrogen-bond donors (Lipinski definition) is 2. The number of rotatable bonds is 22. The van der Waals surface area contributed by atoms with E-state index in [0.717, 1.165) is 30.4 Å². The lowest BCUT2D eigenvalue weighted by Gasteiger charge is -2.59. The Bertz CT molecular complexity index is 2060. The van der Waals surface area contributed by atoms with Crippen molar-refractivity contribution in [1.29, 1.82) is 0 Å². The second-order valence-corrected chi connectivity index (χ2v) is 15.5. The molecule has 61 heavy (non-hydrogen) atoms. The molecule has 14 heteroatoms. The quantitative estimate of drug-likeness (QED) is 0.0431. The first-order chi connectivity index (χ1) is 29.7. The molecular formula is C47H56FN3O10. The molecule has 2 N–H and O–H groups in total. The van der Waals surface area contributed by atoms with E-state index in [4.69, 9.17) is 28.9 Å². The highest BCUT2D eigenvalue weighted by molar-refractivity contribution is 6.03. The number of carbonyl (C=O) groups is 1. The van der Waals surface area contributed by atoms with Gasteiger partial charge >= 0.3 is 6.09 Å². The second-order valence-electron chi connectivity index (χ2n) is 15.5. The number of oxime groups is 1. The molecule has 3 aromatic carbocycles. The van der Waals surface area contributed by atoms with Crippen molar-refractivity contribution in [3.05, 3.63) is 131 Å². The highest BCUT2D eigenvalue weighted by Crippen LogP contribution is 2.62. The van der Waals surface area contributed by atoms with Crippen LogP contribution in [0.2, 0.25) is 0 Å². The minimum atomic E-state index is -1.56. The first-order valence-corrected chi connectivity index (χ1v) is 21.1. The lowest BCUT2D eigenvalue weighted by molar-refractivity contribution is -0.384. The lowest BCUT2D eigenvalue weighted by Crippen LogP contribution is -2.70. The normalized spacial score (nSPS) is 23.1. The van der Waals surface area contributed by atoms with Gasteiger partial charge in [-0.3, -0.25) is 15.0 Å². The van der Waals surface area contributed by atoms with E-state index >= 15 is 0 Å². The van der Waals surface area contributed by atoms with Crippen molar-refractivity contribution in [2.24, 2.45) is 22.9 Å². The molecule has 13 nitrogen and oxygen atoms in total. The number of nitro groups is 1. The van der Waals surface area contributed by atoms with Crippen molar-refractivity contribution in [2.45, 2.75) is 82.6 Å². The summed E-state index contributed by atoms with van der Waals surface area (Å²) in [4.78, 5) is 33.0. The van der Waals surface area contributed by atoms with Crippen LogP contribution in [-0.2, 0) is 20.9 Å². The van der Waals surface area contributed by atoms with Crippen LogP contribution in [0.5, 0.6) is 17.2 Å². The minimum absolute atomic E-state index is 0.00606.